The number of nitrogens with one attached hydrogen (secondary N) is 2. The van der Waals surface area contributed by atoms with E-state index in [1.54, 1.807) is 0 Å². The zero-order chi connectivity index (χ0) is 15.9. The molecule has 0 aliphatic heterocycles. The second kappa shape index (κ2) is 9.22. The van der Waals surface area contributed by atoms with Crippen molar-refractivity contribution in [2.24, 2.45) is 0 Å². The van der Waals surface area contributed by atoms with Crippen LogP contribution in [0.3, 0.4) is 0 Å². The van der Waals surface area contributed by atoms with E-state index < -0.39 is 0 Å². The minimum absolute atomic E-state index is 0. The predicted octanol–water partition coefficient (Wildman–Crippen LogP) is 1.75. The Morgan fingerprint density at radius 3 is 2.70 bits per heavy atom. The second-order valence-corrected chi connectivity index (χ2v) is 5.01. The fourth-order valence-electron chi connectivity index (χ4n) is 1.84. The summed E-state index contributed by atoms with van der Waals surface area (Å²) in [5.41, 5.74) is 0.412. The lowest BCUT2D eigenvalue weighted by Gasteiger charge is -2.04. The molecule has 2 N–H and O–H groups in total. The van der Waals surface area contributed by atoms with Gasteiger partial charge in [-0.1, -0.05) is 5.16 Å². The summed E-state index contributed by atoms with van der Waals surface area (Å²) < 4.78 is 17.9. The molecule has 0 saturated carbocycles. The first-order chi connectivity index (χ1) is 10.6. The number of halogens is 2. The Bertz CT molecular complexity index is 618. The SMILES string of the molecule is CNC(C)Cc1noc(CCNC(=O)c2ccc(F)cc2)n1.Cl. The summed E-state index contributed by atoms with van der Waals surface area (Å²) in [6, 6.07) is 5.65. The molecule has 6 nitrogen and oxygen atoms in total. The molecule has 2 aromatic rings. The number of benzene rings is 1. The molecule has 1 atom stereocenters. The molecular formula is C15H20ClFN4O2. The van der Waals surface area contributed by atoms with E-state index in [-0.39, 0.29) is 30.2 Å². The van der Waals surface area contributed by atoms with Crippen molar-refractivity contribution in [1.29, 1.82) is 0 Å². The molecule has 0 aliphatic rings. The van der Waals surface area contributed by atoms with Crippen molar-refractivity contribution in [1.82, 2.24) is 20.8 Å². The maximum Gasteiger partial charge on any atom is 0.251 e. The van der Waals surface area contributed by atoms with Gasteiger partial charge >= 0.3 is 0 Å². The number of carbonyl (C=O) groups excluding carboxylic acids is 1. The number of hydrogen-bond acceptors (Lipinski definition) is 5. The van der Waals surface area contributed by atoms with Crippen LogP contribution in [0.15, 0.2) is 28.8 Å². The van der Waals surface area contributed by atoms with Crippen molar-refractivity contribution in [2.75, 3.05) is 13.6 Å². The van der Waals surface area contributed by atoms with E-state index in [1.165, 1.54) is 24.3 Å². The molecule has 8 heteroatoms. The third kappa shape index (κ3) is 5.96. The third-order valence-electron chi connectivity index (χ3n) is 3.22. The van der Waals surface area contributed by atoms with Gasteiger partial charge in [0.05, 0.1) is 0 Å². The smallest absolute Gasteiger partial charge is 0.251 e. The van der Waals surface area contributed by atoms with Gasteiger partial charge in [0.25, 0.3) is 5.91 Å². The van der Waals surface area contributed by atoms with Gasteiger partial charge < -0.3 is 15.2 Å². The predicted molar refractivity (Wildman–Crippen MR) is 86.2 cm³/mol. The number of hydrogen-bond donors (Lipinski definition) is 2. The van der Waals surface area contributed by atoms with Crippen LogP contribution in [0.1, 0.15) is 29.0 Å². The first-order valence-corrected chi connectivity index (χ1v) is 7.11. The van der Waals surface area contributed by atoms with E-state index in [0.717, 1.165) is 0 Å². The van der Waals surface area contributed by atoms with Gasteiger partial charge in [0.1, 0.15) is 5.82 Å². The van der Waals surface area contributed by atoms with Crippen molar-refractivity contribution >= 4 is 18.3 Å². The highest BCUT2D eigenvalue weighted by atomic mass is 35.5. The van der Waals surface area contributed by atoms with Crippen LogP contribution in [0.4, 0.5) is 4.39 Å². The molecule has 2 rings (SSSR count). The fourth-order valence-corrected chi connectivity index (χ4v) is 1.84. The number of rotatable bonds is 7. The van der Waals surface area contributed by atoms with Crippen LogP contribution in [-0.4, -0.2) is 35.7 Å². The number of carbonyl (C=O) groups is 1. The van der Waals surface area contributed by atoms with E-state index in [4.69, 9.17) is 4.52 Å². The molecule has 1 unspecified atom stereocenters. The third-order valence-corrected chi connectivity index (χ3v) is 3.22. The molecule has 1 aromatic carbocycles. The van der Waals surface area contributed by atoms with Crippen LogP contribution in [0.5, 0.6) is 0 Å². The summed E-state index contributed by atoms with van der Waals surface area (Å²) in [7, 11) is 1.87. The molecule has 0 radical (unpaired) electrons. The molecule has 1 heterocycles. The van der Waals surface area contributed by atoms with Gasteiger partial charge in [-0.15, -0.1) is 12.4 Å². The molecule has 0 fully saturated rings. The van der Waals surface area contributed by atoms with Crippen LogP contribution in [0.2, 0.25) is 0 Å². The van der Waals surface area contributed by atoms with Gasteiger partial charge in [-0.25, -0.2) is 4.39 Å². The van der Waals surface area contributed by atoms with Gasteiger partial charge in [-0.05, 0) is 38.2 Å². The van der Waals surface area contributed by atoms with Gasteiger partial charge in [-0.2, -0.15) is 4.98 Å². The molecule has 126 valence electrons. The second-order valence-electron chi connectivity index (χ2n) is 5.01. The summed E-state index contributed by atoms with van der Waals surface area (Å²) >= 11 is 0. The number of nitrogens with zero attached hydrogens (tertiary/aromatic N) is 2. The Balaban J connectivity index is 0.00000264. The standard InChI is InChI=1S/C15H19FN4O2.ClH/c1-10(17-2)9-13-19-14(22-20-13)7-8-18-15(21)11-3-5-12(16)6-4-11;/h3-6,10,17H,7-9H2,1-2H3,(H,18,21);1H. The van der Waals surface area contributed by atoms with E-state index in [0.29, 0.717) is 36.7 Å². The average molecular weight is 343 g/mol. The maximum absolute atomic E-state index is 12.8. The summed E-state index contributed by atoms with van der Waals surface area (Å²) in [4.78, 5) is 16.1. The Labute approximate surface area is 140 Å². The van der Waals surface area contributed by atoms with Crippen molar-refractivity contribution < 1.29 is 13.7 Å². The number of amides is 1. The Kier molecular flexibility index (Phi) is 7.64. The van der Waals surface area contributed by atoms with Crippen molar-refractivity contribution in [3.63, 3.8) is 0 Å². The highest BCUT2D eigenvalue weighted by Gasteiger charge is 2.10. The number of likely N-dealkylation sites (N-methyl/N-ethyl adjacent to an activating group) is 1. The quantitative estimate of drug-likeness (QED) is 0.801. The zero-order valence-corrected chi connectivity index (χ0v) is 13.8. The van der Waals surface area contributed by atoms with E-state index in [2.05, 4.69) is 20.8 Å². The summed E-state index contributed by atoms with van der Waals surface area (Å²) in [6.07, 6.45) is 1.13. The summed E-state index contributed by atoms with van der Waals surface area (Å²) in [5.74, 6) is 0.494. The van der Waals surface area contributed by atoms with E-state index >= 15 is 0 Å². The highest BCUT2D eigenvalue weighted by Crippen LogP contribution is 2.03. The fraction of sp³-hybridized carbons (Fsp3) is 0.400. The van der Waals surface area contributed by atoms with Crippen molar-refractivity contribution in [2.45, 2.75) is 25.8 Å². The molecule has 1 aromatic heterocycles. The molecule has 0 bridgehead atoms. The van der Waals surface area contributed by atoms with E-state index in [1.807, 2.05) is 14.0 Å². The largest absolute Gasteiger partial charge is 0.352 e. The molecule has 0 saturated heterocycles. The first kappa shape index (κ1) is 19.1. The minimum Gasteiger partial charge on any atom is -0.352 e. The molecule has 0 aliphatic carbocycles. The van der Waals surface area contributed by atoms with Crippen LogP contribution in [0, 0.1) is 5.82 Å². The molecule has 0 spiro atoms. The van der Waals surface area contributed by atoms with Gasteiger partial charge in [-0.3, -0.25) is 4.79 Å². The summed E-state index contributed by atoms with van der Waals surface area (Å²) in [6.45, 7) is 2.40. The average Bonchev–Trinajstić information content (AvgIpc) is 2.95. The minimum atomic E-state index is -0.370. The lowest BCUT2D eigenvalue weighted by molar-refractivity contribution is 0.0953. The highest BCUT2D eigenvalue weighted by molar-refractivity contribution is 5.94. The lowest BCUT2D eigenvalue weighted by Crippen LogP contribution is -2.25. The van der Waals surface area contributed by atoms with Gasteiger partial charge in [0.15, 0.2) is 5.82 Å². The normalized spacial score (nSPS) is 11.6. The summed E-state index contributed by atoms with van der Waals surface area (Å²) in [5, 5.41) is 9.71. The number of aromatic nitrogens is 2. The molecule has 23 heavy (non-hydrogen) atoms. The lowest BCUT2D eigenvalue weighted by atomic mass is 10.2. The topological polar surface area (TPSA) is 80.0 Å². The van der Waals surface area contributed by atoms with Gasteiger partial charge in [0.2, 0.25) is 5.89 Å². The van der Waals surface area contributed by atoms with E-state index in [9.17, 15) is 9.18 Å². The molecular weight excluding hydrogens is 323 g/mol. The monoisotopic (exact) mass is 342 g/mol. The van der Waals surface area contributed by atoms with Crippen LogP contribution >= 0.6 is 12.4 Å². The Morgan fingerprint density at radius 1 is 1.35 bits per heavy atom. The molecule has 1 amide bonds. The van der Waals surface area contributed by atoms with Crippen molar-refractivity contribution in [3.05, 3.63) is 47.4 Å². The van der Waals surface area contributed by atoms with Gasteiger partial charge in [0, 0.05) is 31.0 Å². The van der Waals surface area contributed by atoms with Crippen LogP contribution in [-0.2, 0) is 12.8 Å². The Hall–Kier alpha value is -1.99. The van der Waals surface area contributed by atoms with Crippen LogP contribution in [0.25, 0.3) is 0 Å². The van der Waals surface area contributed by atoms with Crippen LogP contribution < -0.4 is 10.6 Å². The van der Waals surface area contributed by atoms with Crippen molar-refractivity contribution in [3.8, 4) is 0 Å². The Morgan fingerprint density at radius 2 is 2.04 bits per heavy atom. The first-order valence-electron chi connectivity index (χ1n) is 7.11. The zero-order valence-electron chi connectivity index (χ0n) is 13.0. The maximum atomic E-state index is 12.8.